The zero-order valence-electron chi connectivity index (χ0n) is 14.1. The molecule has 2 aromatic rings. The molecule has 0 amide bonds. The van der Waals surface area contributed by atoms with Crippen LogP contribution < -0.4 is 9.47 Å². The number of hydrogen-bond donors (Lipinski definition) is 1. The predicted molar refractivity (Wildman–Crippen MR) is 96.8 cm³/mol. The molecule has 130 valence electrons. The lowest BCUT2D eigenvalue weighted by molar-refractivity contribution is 0.0844. The highest BCUT2D eigenvalue weighted by molar-refractivity contribution is 6.30. The van der Waals surface area contributed by atoms with Crippen LogP contribution in [0.3, 0.4) is 0 Å². The first-order valence-electron chi connectivity index (χ1n) is 8.02. The topological polar surface area (TPSA) is 55.8 Å². The van der Waals surface area contributed by atoms with E-state index in [1.807, 2.05) is 32.1 Å². The van der Waals surface area contributed by atoms with Crippen LogP contribution in [0, 0.1) is 0 Å². The van der Waals surface area contributed by atoms with Gasteiger partial charge in [-0.05, 0) is 37.6 Å². The lowest BCUT2D eigenvalue weighted by atomic mass is 9.95. The van der Waals surface area contributed by atoms with Gasteiger partial charge in [0.25, 0.3) is 0 Å². The van der Waals surface area contributed by atoms with Gasteiger partial charge < -0.3 is 14.6 Å². The SMILES string of the molecule is CC(C)=CCOc1cc(O)c2c(c1)OC(c1cccc(Cl)c1)CC2=O. The number of phenols is 1. The molecule has 0 fully saturated rings. The van der Waals surface area contributed by atoms with Crippen LogP contribution in [0.4, 0.5) is 0 Å². The zero-order chi connectivity index (χ0) is 18.0. The van der Waals surface area contributed by atoms with Gasteiger partial charge in [-0.25, -0.2) is 0 Å². The van der Waals surface area contributed by atoms with Crippen LogP contribution in [0.2, 0.25) is 5.02 Å². The van der Waals surface area contributed by atoms with E-state index in [2.05, 4.69) is 0 Å². The van der Waals surface area contributed by atoms with Gasteiger partial charge in [-0.3, -0.25) is 4.79 Å². The Hall–Kier alpha value is -2.46. The van der Waals surface area contributed by atoms with Crippen LogP contribution in [0.15, 0.2) is 48.0 Å². The summed E-state index contributed by atoms with van der Waals surface area (Å²) < 4.78 is 11.6. The van der Waals surface area contributed by atoms with Crippen LogP contribution in [0.1, 0.15) is 42.3 Å². The molecule has 1 heterocycles. The first-order chi connectivity index (χ1) is 11.9. The molecule has 0 bridgehead atoms. The number of carbonyl (C=O) groups excluding carboxylic acids is 1. The molecule has 1 aliphatic rings. The molecular formula is C20H19ClO4. The van der Waals surface area contributed by atoms with Gasteiger partial charge in [0.2, 0.25) is 0 Å². The summed E-state index contributed by atoms with van der Waals surface area (Å²) in [5, 5.41) is 10.8. The van der Waals surface area contributed by atoms with Gasteiger partial charge in [-0.2, -0.15) is 0 Å². The Kier molecular flexibility index (Phi) is 5.00. The van der Waals surface area contributed by atoms with Gasteiger partial charge >= 0.3 is 0 Å². The number of ketones is 1. The van der Waals surface area contributed by atoms with Gasteiger partial charge in [0, 0.05) is 17.2 Å². The summed E-state index contributed by atoms with van der Waals surface area (Å²) in [6.45, 7) is 4.34. The number of hydrogen-bond acceptors (Lipinski definition) is 4. The second-order valence-corrected chi connectivity index (χ2v) is 6.63. The lowest BCUT2D eigenvalue weighted by Crippen LogP contribution is -2.20. The molecule has 2 aromatic carbocycles. The fraction of sp³-hybridized carbons (Fsp3) is 0.250. The van der Waals surface area contributed by atoms with E-state index in [4.69, 9.17) is 21.1 Å². The third-order valence-electron chi connectivity index (χ3n) is 3.94. The van der Waals surface area contributed by atoms with Crippen LogP contribution in [0.5, 0.6) is 17.2 Å². The average molecular weight is 359 g/mol. The van der Waals surface area contributed by atoms with Crippen molar-refractivity contribution >= 4 is 17.4 Å². The van der Waals surface area contributed by atoms with E-state index in [1.54, 1.807) is 18.2 Å². The summed E-state index contributed by atoms with van der Waals surface area (Å²) in [7, 11) is 0. The third-order valence-corrected chi connectivity index (χ3v) is 4.17. The number of phenolic OH excluding ortho intramolecular Hbond substituents is 1. The van der Waals surface area contributed by atoms with Gasteiger partial charge in [0.15, 0.2) is 5.78 Å². The Morgan fingerprint density at radius 1 is 1.36 bits per heavy atom. The molecule has 25 heavy (non-hydrogen) atoms. The number of ether oxygens (including phenoxy) is 2. The lowest BCUT2D eigenvalue weighted by Gasteiger charge is -2.26. The smallest absolute Gasteiger partial charge is 0.174 e. The molecule has 0 saturated heterocycles. The van der Waals surface area contributed by atoms with Crippen molar-refractivity contribution in [3.63, 3.8) is 0 Å². The van der Waals surface area contributed by atoms with Crippen molar-refractivity contribution in [1.82, 2.24) is 0 Å². The van der Waals surface area contributed by atoms with Crippen molar-refractivity contribution in [2.75, 3.05) is 6.61 Å². The molecule has 0 aliphatic carbocycles. The highest BCUT2D eigenvalue weighted by Gasteiger charge is 2.31. The summed E-state index contributed by atoms with van der Waals surface area (Å²) in [5.41, 5.74) is 2.16. The molecule has 1 N–H and O–H groups in total. The predicted octanol–water partition coefficient (Wildman–Crippen LogP) is 5.10. The summed E-state index contributed by atoms with van der Waals surface area (Å²) in [5.74, 6) is 0.487. The molecule has 0 saturated carbocycles. The average Bonchev–Trinajstić information content (AvgIpc) is 2.53. The number of carbonyl (C=O) groups is 1. The minimum Gasteiger partial charge on any atom is -0.507 e. The molecule has 0 spiro atoms. The summed E-state index contributed by atoms with van der Waals surface area (Å²) in [6, 6.07) is 10.3. The van der Waals surface area contributed by atoms with Crippen molar-refractivity contribution in [2.45, 2.75) is 26.4 Å². The number of Topliss-reactive ketones (excluding diaryl/α,β-unsaturated/α-hetero) is 1. The van der Waals surface area contributed by atoms with Crippen LogP contribution in [-0.2, 0) is 0 Å². The molecule has 0 radical (unpaired) electrons. The minimum absolute atomic E-state index is 0.126. The molecule has 1 unspecified atom stereocenters. The maximum Gasteiger partial charge on any atom is 0.174 e. The molecule has 3 rings (SSSR count). The normalized spacial score (nSPS) is 16.0. The zero-order valence-corrected chi connectivity index (χ0v) is 14.8. The molecule has 5 heteroatoms. The maximum atomic E-state index is 12.5. The van der Waals surface area contributed by atoms with Crippen LogP contribution >= 0.6 is 11.6 Å². The van der Waals surface area contributed by atoms with E-state index < -0.39 is 6.10 Å². The van der Waals surface area contributed by atoms with E-state index in [0.717, 1.165) is 11.1 Å². The quantitative estimate of drug-likeness (QED) is 0.773. The highest BCUT2D eigenvalue weighted by Crippen LogP contribution is 2.42. The monoisotopic (exact) mass is 358 g/mol. The van der Waals surface area contributed by atoms with Crippen molar-refractivity contribution in [3.05, 3.63) is 64.2 Å². The standard InChI is InChI=1S/C20H19ClO4/c1-12(2)6-7-24-15-9-16(22)20-17(23)11-18(25-19(20)10-15)13-4-3-5-14(21)8-13/h3-6,8-10,18,22H,7,11H2,1-2H3. The number of benzene rings is 2. The van der Waals surface area contributed by atoms with E-state index >= 15 is 0 Å². The Morgan fingerprint density at radius 2 is 2.16 bits per heavy atom. The molecule has 1 atom stereocenters. The Labute approximate surface area is 151 Å². The van der Waals surface area contributed by atoms with Crippen molar-refractivity contribution in [1.29, 1.82) is 0 Å². The second kappa shape index (κ2) is 7.19. The largest absolute Gasteiger partial charge is 0.507 e. The molecular weight excluding hydrogens is 340 g/mol. The minimum atomic E-state index is -0.439. The Balaban J connectivity index is 1.89. The van der Waals surface area contributed by atoms with Crippen molar-refractivity contribution in [2.24, 2.45) is 0 Å². The first-order valence-corrected chi connectivity index (χ1v) is 8.40. The van der Waals surface area contributed by atoms with E-state index in [1.165, 1.54) is 6.07 Å². The first kappa shape index (κ1) is 17.4. The Morgan fingerprint density at radius 3 is 2.88 bits per heavy atom. The fourth-order valence-electron chi connectivity index (χ4n) is 2.70. The molecule has 1 aliphatic heterocycles. The van der Waals surface area contributed by atoms with Gasteiger partial charge in [0.05, 0.1) is 6.42 Å². The van der Waals surface area contributed by atoms with Gasteiger partial charge in [-0.1, -0.05) is 29.3 Å². The Bertz CT molecular complexity index is 838. The van der Waals surface area contributed by atoms with E-state index in [0.29, 0.717) is 23.1 Å². The second-order valence-electron chi connectivity index (χ2n) is 6.20. The summed E-state index contributed by atoms with van der Waals surface area (Å²) in [6.07, 6.45) is 1.64. The van der Waals surface area contributed by atoms with Gasteiger partial charge in [-0.15, -0.1) is 0 Å². The maximum absolute atomic E-state index is 12.5. The van der Waals surface area contributed by atoms with Crippen LogP contribution in [0.25, 0.3) is 0 Å². The number of halogens is 1. The van der Waals surface area contributed by atoms with Crippen molar-refractivity contribution < 1.29 is 19.4 Å². The van der Waals surface area contributed by atoms with Crippen LogP contribution in [-0.4, -0.2) is 17.5 Å². The number of aromatic hydroxyl groups is 1. The van der Waals surface area contributed by atoms with Crippen molar-refractivity contribution in [3.8, 4) is 17.2 Å². The molecule has 4 nitrogen and oxygen atoms in total. The number of fused-ring (bicyclic) bond motifs is 1. The number of rotatable bonds is 4. The van der Waals surface area contributed by atoms with Gasteiger partial charge in [0.1, 0.15) is 35.5 Å². The number of allylic oxidation sites excluding steroid dienone is 1. The molecule has 0 aromatic heterocycles. The van der Waals surface area contributed by atoms with E-state index in [9.17, 15) is 9.90 Å². The highest BCUT2D eigenvalue weighted by atomic mass is 35.5. The van der Waals surface area contributed by atoms with E-state index in [-0.39, 0.29) is 23.5 Å². The third kappa shape index (κ3) is 3.97. The fourth-order valence-corrected chi connectivity index (χ4v) is 2.89. The summed E-state index contributed by atoms with van der Waals surface area (Å²) in [4.78, 5) is 12.5. The summed E-state index contributed by atoms with van der Waals surface area (Å²) >= 11 is 6.03.